The van der Waals surface area contributed by atoms with Crippen LogP contribution in [0, 0.1) is 0 Å². The van der Waals surface area contributed by atoms with Crippen LogP contribution in [0.25, 0.3) is 22.3 Å². The third kappa shape index (κ3) is 11.0. The number of rotatable bonds is 14. The lowest BCUT2D eigenvalue weighted by atomic mass is 10.2. The average Bonchev–Trinajstić information content (AvgIpc) is 3.65. The number of aromatic nitrogens is 8. The van der Waals surface area contributed by atoms with Crippen molar-refractivity contribution >= 4 is 50.1 Å². The van der Waals surface area contributed by atoms with Gasteiger partial charge in [-0.3, -0.25) is 28.7 Å². The van der Waals surface area contributed by atoms with Crippen LogP contribution in [0.3, 0.4) is 0 Å². The van der Waals surface area contributed by atoms with Crippen LogP contribution in [0.4, 0.5) is 0 Å². The molecule has 0 aliphatic carbocycles. The van der Waals surface area contributed by atoms with E-state index in [1.54, 1.807) is 15.5 Å². The first-order chi connectivity index (χ1) is 25.1. The topological polar surface area (TPSA) is 164 Å². The third-order valence-electron chi connectivity index (χ3n) is 8.41. The fourth-order valence-corrected chi connectivity index (χ4v) is 7.12. The van der Waals surface area contributed by atoms with Crippen molar-refractivity contribution in [2.45, 2.75) is 85.3 Å². The molecule has 290 valence electrons. The zero-order valence-corrected chi connectivity index (χ0v) is 33.8. The van der Waals surface area contributed by atoms with Gasteiger partial charge in [-0.15, -0.1) is 0 Å². The summed E-state index contributed by atoms with van der Waals surface area (Å²) < 4.78 is 17.4. The second kappa shape index (κ2) is 18.1. The molecule has 0 saturated heterocycles. The van der Waals surface area contributed by atoms with Crippen LogP contribution in [0.5, 0.6) is 0 Å². The summed E-state index contributed by atoms with van der Waals surface area (Å²) in [6.45, 7) is 15.7. The number of imidazole rings is 2. The molecule has 0 saturated carbocycles. The van der Waals surface area contributed by atoms with Gasteiger partial charge in [-0.05, 0) is 34.8 Å². The second-order valence-corrected chi connectivity index (χ2v) is 26.8. The fraction of sp³-hybridized carbons (Fsp3) is 0.405. The summed E-state index contributed by atoms with van der Waals surface area (Å²) in [7, 11) is -2.43. The third-order valence-corrected chi connectivity index (χ3v) is 12.1. The Kier molecular flexibility index (Phi) is 14.2. The molecule has 2 aromatic carbocycles. The zero-order valence-electron chi connectivity index (χ0n) is 31.0. The summed E-state index contributed by atoms with van der Waals surface area (Å²) >= 11 is 6.28. The van der Waals surface area contributed by atoms with Crippen molar-refractivity contribution in [1.82, 2.24) is 38.2 Å². The summed E-state index contributed by atoms with van der Waals surface area (Å²) in [6, 6.07) is 21.4. The fourth-order valence-electron chi connectivity index (χ4n) is 5.39. The predicted octanol–water partition coefficient (Wildman–Crippen LogP) is 5.78. The number of benzene rings is 2. The summed E-state index contributed by atoms with van der Waals surface area (Å²) in [5, 5.41) is 0.154. The summed E-state index contributed by atoms with van der Waals surface area (Å²) in [6.07, 6.45) is 1.59. The highest BCUT2D eigenvalue weighted by molar-refractivity contribution is 6.76. The van der Waals surface area contributed by atoms with Crippen molar-refractivity contribution in [3.63, 3.8) is 0 Å². The Morgan fingerprint density at radius 3 is 1.61 bits per heavy atom. The molecule has 6 aromatic rings. The largest absolute Gasteiger partial charge is 0.361 e. The molecule has 0 amide bonds. The van der Waals surface area contributed by atoms with Gasteiger partial charge < -0.3 is 18.6 Å². The normalized spacial score (nSPS) is 11.8. The van der Waals surface area contributed by atoms with E-state index >= 15 is 0 Å². The van der Waals surface area contributed by atoms with Crippen LogP contribution >= 0.6 is 11.6 Å². The summed E-state index contributed by atoms with van der Waals surface area (Å²) in [5.74, 6) is 0. The first-order valence-corrected chi connectivity index (χ1v) is 25.2. The number of aromatic amines is 2. The molecule has 0 unspecified atom stereocenters. The molecule has 0 spiro atoms. The van der Waals surface area contributed by atoms with Crippen LogP contribution < -0.4 is 22.5 Å². The Morgan fingerprint density at radius 2 is 1.11 bits per heavy atom. The summed E-state index contributed by atoms with van der Waals surface area (Å²) in [4.78, 5) is 62.5. The van der Waals surface area contributed by atoms with E-state index in [-0.39, 0.29) is 37.3 Å². The molecule has 14 nitrogen and oxygen atoms in total. The van der Waals surface area contributed by atoms with Crippen molar-refractivity contribution in [3.8, 4) is 0 Å². The highest BCUT2D eigenvalue weighted by atomic mass is 35.5. The van der Waals surface area contributed by atoms with E-state index in [9.17, 15) is 19.2 Å². The highest BCUT2D eigenvalue weighted by Gasteiger charge is 2.19. The first kappa shape index (κ1) is 42.1. The van der Waals surface area contributed by atoms with E-state index in [0.29, 0.717) is 37.5 Å². The SMILES string of the molecule is C.C[Si](C)(C)CCOCn1c(=O)[nH]c(=O)c2c1nc(Cl)n2Cc1ccccc1.C[Si](C)(C)CCOCn1c(=O)[nH]c(=O)c2c1ncn2Cc1ccccc1. The lowest BCUT2D eigenvalue weighted by molar-refractivity contribution is 0.0864. The molecule has 0 fully saturated rings. The molecular formula is C37H51ClN8O6Si2. The van der Waals surface area contributed by atoms with Crippen molar-refractivity contribution in [2.75, 3.05) is 13.2 Å². The van der Waals surface area contributed by atoms with Crippen molar-refractivity contribution < 1.29 is 9.47 Å². The molecule has 0 radical (unpaired) electrons. The van der Waals surface area contributed by atoms with Gasteiger partial charge in [0.05, 0.1) is 12.9 Å². The van der Waals surface area contributed by atoms with Gasteiger partial charge in [0.1, 0.15) is 13.5 Å². The van der Waals surface area contributed by atoms with Crippen molar-refractivity contribution in [3.05, 3.63) is 125 Å². The minimum absolute atomic E-state index is 0. The molecule has 0 aliphatic rings. The number of H-pyrrole nitrogens is 2. The van der Waals surface area contributed by atoms with Gasteiger partial charge in [0, 0.05) is 35.9 Å². The van der Waals surface area contributed by atoms with Gasteiger partial charge in [0.25, 0.3) is 11.1 Å². The maximum absolute atomic E-state index is 12.4. The Hall–Kier alpha value is -4.62. The van der Waals surface area contributed by atoms with Crippen LogP contribution in [0.15, 0.2) is 86.2 Å². The zero-order chi connectivity index (χ0) is 38.3. The van der Waals surface area contributed by atoms with Crippen LogP contribution in [0.1, 0.15) is 18.6 Å². The first-order valence-electron chi connectivity index (χ1n) is 17.4. The Morgan fingerprint density at radius 1 is 0.648 bits per heavy atom. The molecule has 6 rings (SSSR count). The van der Waals surface area contributed by atoms with Gasteiger partial charge in [-0.25, -0.2) is 14.6 Å². The quantitative estimate of drug-likeness (QED) is 0.0796. The molecule has 54 heavy (non-hydrogen) atoms. The van der Waals surface area contributed by atoms with E-state index in [4.69, 9.17) is 21.1 Å². The predicted molar refractivity (Wildman–Crippen MR) is 220 cm³/mol. The molecule has 2 N–H and O–H groups in total. The highest BCUT2D eigenvalue weighted by Crippen LogP contribution is 2.18. The van der Waals surface area contributed by atoms with E-state index in [1.807, 2.05) is 60.7 Å². The number of halogens is 1. The smallest absolute Gasteiger partial charge is 0.332 e. The maximum atomic E-state index is 12.4. The van der Waals surface area contributed by atoms with E-state index in [1.165, 1.54) is 9.13 Å². The standard InChI is InChI=1S/C18H23ClN4O3Si.C18H24N4O3Si.CH4/c1-27(2,3)10-9-26-12-23-15-14(16(24)21-18(23)25)22(17(19)20-15)11-13-7-5-4-6-8-13;1-26(2,3)10-9-25-13-22-16-15(17(23)20-18(22)24)21(12-19-16)11-14-7-5-4-6-8-14;/h4-8H,9-12H2,1-3H3,(H,21,24,25);4-8,12H,9-11,13H2,1-3H3,(H,20,23,24);1H4. The minimum atomic E-state index is -1.23. The number of hydrogen-bond donors (Lipinski definition) is 2. The van der Waals surface area contributed by atoms with Gasteiger partial charge in [-0.1, -0.05) is 107 Å². The molecule has 0 aliphatic heterocycles. The minimum Gasteiger partial charge on any atom is -0.361 e. The van der Waals surface area contributed by atoms with E-state index in [2.05, 4.69) is 59.2 Å². The van der Waals surface area contributed by atoms with E-state index in [0.717, 1.165) is 23.2 Å². The van der Waals surface area contributed by atoms with Gasteiger partial charge in [0.2, 0.25) is 5.28 Å². The number of fused-ring (bicyclic) bond motifs is 2. The molecule has 0 bridgehead atoms. The van der Waals surface area contributed by atoms with Gasteiger partial charge >= 0.3 is 11.4 Å². The van der Waals surface area contributed by atoms with Gasteiger partial charge in [-0.2, -0.15) is 4.98 Å². The van der Waals surface area contributed by atoms with E-state index < -0.39 is 38.6 Å². The average molecular weight is 795 g/mol. The Balaban J connectivity index is 0.000000236. The number of hydrogen-bond acceptors (Lipinski definition) is 8. The number of nitrogens with zero attached hydrogens (tertiary/aromatic N) is 6. The van der Waals surface area contributed by atoms with Crippen molar-refractivity contribution in [1.29, 1.82) is 0 Å². The molecule has 4 heterocycles. The van der Waals surface area contributed by atoms with Crippen LogP contribution in [-0.2, 0) is 36.0 Å². The Labute approximate surface area is 320 Å². The van der Waals surface area contributed by atoms with Gasteiger partial charge in [0.15, 0.2) is 22.3 Å². The Bertz CT molecular complexity index is 2390. The van der Waals surface area contributed by atoms with Crippen LogP contribution in [0.2, 0.25) is 56.7 Å². The number of ether oxygens (including phenoxy) is 2. The lowest BCUT2D eigenvalue weighted by Gasteiger charge is -2.15. The molecule has 17 heteroatoms. The van der Waals surface area contributed by atoms with Crippen LogP contribution in [-0.4, -0.2) is 67.6 Å². The molecule has 0 atom stereocenters. The summed E-state index contributed by atoms with van der Waals surface area (Å²) in [5.41, 5.74) is 1.25. The number of nitrogens with one attached hydrogen (secondary N) is 2. The lowest BCUT2D eigenvalue weighted by Crippen LogP contribution is -2.32. The molecular weight excluding hydrogens is 744 g/mol. The second-order valence-electron chi connectivity index (χ2n) is 15.2. The monoisotopic (exact) mass is 794 g/mol. The van der Waals surface area contributed by atoms with Crippen molar-refractivity contribution in [2.24, 2.45) is 0 Å². The maximum Gasteiger partial charge on any atom is 0.332 e. The molecule has 4 aromatic heterocycles.